The van der Waals surface area contributed by atoms with Crippen LogP contribution in [0.25, 0.3) is 11.3 Å². The minimum Gasteiger partial charge on any atom is -0.394 e. The van der Waals surface area contributed by atoms with Crippen molar-refractivity contribution in [1.29, 1.82) is 0 Å². The van der Waals surface area contributed by atoms with Gasteiger partial charge in [0.05, 0.1) is 18.9 Å². The molecule has 0 radical (unpaired) electrons. The summed E-state index contributed by atoms with van der Waals surface area (Å²) in [5, 5.41) is 40.4. The molecule has 0 bridgehead atoms. The van der Waals surface area contributed by atoms with Gasteiger partial charge in [0.2, 0.25) is 11.0 Å². The van der Waals surface area contributed by atoms with Gasteiger partial charge in [-0.05, 0) is 30.3 Å². The van der Waals surface area contributed by atoms with Crippen LogP contribution in [-0.2, 0) is 14.6 Å². The fourth-order valence-electron chi connectivity index (χ4n) is 3.61. The molecule has 174 valence electrons. The van der Waals surface area contributed by atoms with Crippen LogP contribution < -0.4 is 5.32 Å². The fraction of sp³-hybridized carbons (Fsp3) is 0.318. The second-order valence-corrected chi connectivity index (χ2v) is 8.92. The second-order valence-electron chi connectivity index (χ2n) is 7.66. The van der Waals surface area contributed by atoms with Crippen LogP contribution in [-0.4, -0.2) is 61.1 Å². The number of thioether (sulfide) groups is 1. The molecule has 1 aliphatic rings. The molecule has 1 aliphatic heterocycles. The van der Waals surface area contributed by atoms with Crippen molar-refractivity contribution in [2.24, 2.45) is 0 Å². The third-order valence-corrected chi connectivity index (χ3v) is 6.50. The Bertz CT molecular complexity index is 1150. The van der Waals surface area contributed by atoms with E-state index in [1.54, 1.807) is 36.4 Å². The number of nitrogens with zero attached hydrogens (tertiary/aromatic N) is 3. The number of hydrogen-bond donors (Lipinski definition) is 4. The molecule has 9 nitrogen and oxygen atoms in total. The number of carbonyl (C=O) groups is 1. The van der Waals surface area contributed by atoms with Crippen molar-refractivity contribution in [2.45, 2.75) is 41.6 Å². The van der Waals surface area contributed by atoms with Crippen molar-refractivity contribution in [3.8, 4) is 11.3 Å². The number of aliphatic hydroxyl groups excluding tert-OH is 3. The Morgan fingerprint density at radius 1 is 1.30 bits per heavy atom. The van der Waals surface area contributed by atoms with E-state index >= 15 is 0 Å². The van der Waals surface area contributed by atoms with Crippen LogP contribution in [0.3, 0.4) is 0 Å². The molecule has 1 aromatic heterocycles. The summed E-state index contributed by atoms with van der Waals surface area (Å²) >= 11 is 1.09. The molecule has 11 heteroatoms. The molecule has 4 N–H and O–H groups in total. The first-order valence-electron chi connectivity index (χ1n) is 10.2. The highest BCUT2D eigenvalue weighted by Crippen LogP contribution is 2.46. The van der Waals surface area contributed by atoms with Crippen LogP contribution >= 0.6 is 11.8 Å². The molecule has 33 heavy (non-hydrogen) atoms. The maximum absolute atomic E-state index is 13.7. The predicted octanol–water partition coefficient (Wildman–Crippen LogP) is 1.95. The van der Waals surface area contributed by atoms with Crippen LogP contribution in [0.15, 0.2) is 59.6 Å². The number of aromatic nitrogens is 3. The smallest absolute Gasteiger partial charge is 0.241 e. The van der Waals surface area contributed by atoms with Crippen molar-refractivity contribution < 1.29 is 29.2 Å². The van der Waals surface area contributed by atoms with Gasteiger partial charge in [-0.25, -0.2) is 9.07 Å². The Hall–Kier alpha value is -2.83. The van der Waals surface area contributed by atoms with E-state index in [2.05, 4.69) is 15.6 Å². The molecule has 1 fully saturated rings. The molecule has 2 heterocycles. The molecule has 0 spiro atoms. The average molecular weight is 475 g/mol. The maximum Gasteiger partial charge on any atom is 0.241 e. The van der Waals surface area contributed by atoms with Gasteiger partial charge in [-0.2, -0.15) is 0 Å². The number of halogens is 1. The number of carbonyl (C=O) groups excluding carboxylic acids is 1. The molecular formula is C22H23FN4O5S. The van der Waals surface area contributed by atoms with E-state index in [1.807, 2.05) is 0 Å². The Morgan fingerprint density at radius 3 is 2.82 bits per heavy atom. The fourth-order valence-corrected chi connectivity index (χ4v) is 4.87. The van der Waals surface area contributed by atoms with Gasteiger partial charge in [0, 0.05) is 29.5 Å². The molecule has 0 saturated carbocycles. The lowest BCUT2D eigenvalue weighted by Gasteiger charge is -2.45. The van der Waals surface area contributed by atoms with Crippen LogP contribution in [0.1, 0.15) is 13.3 Å². The van der Waals surface area contributed by atoms with E-state index in [0.29, 0.717) is 21.8 Å². The standard InChI is InChI=1S/C22H23FN4O5S/c1-13(29)24-16-6-3-7-17(9-16)33-22(21(31)10-19(30)20(12-28)32-22)27-11-18(25-26-27)14-4-2-5-15(23)8-14/h2-9,11,19-21,28,30-31H,10,12H2,1H3,(H,24,29)/t19-,20-,21-,22?/m1/s1. The summed E-state index contributed by atoms with van der Waals surface area (Å²) in [4.78, 5) is 12.1. The lowest BCUT2D eigenvalue weighted by molar-refractivity contribution is -0.230. The van der Waals surface area contributed by atoms with Crippen LogP contribution in [0.2, 0.25) is 0 Å². The predicted molar refractivity (Wildman–Crippen MR) is 119 cm³/mol. The number of hydrogen-bond acceptors (Lipinski definition) is 8. The van der Waals surface area contributed by atoms with Crippen LogP contribution in [0.4, 0.5) is 10.1 Å². The van der Waals surface area contributed by atoms with Gasteiger partial charge in [0.1, 0.15) is 23.7 Å². The van der Waals surface area contributed by atoms with Crippen molar-refractivity contribution in [3.05, 3.63) is 60.5 Å². The zero-order valence-electron chi connectivity index (χ0n) is 17.6. The van der Waals surface area contributed by atoms with Gasteiger partial charge < -0.3 is 25.4 Å². The molecule has 2 aromatic carbocycles. The topological polar surface area (TPSA) is 130 Å². The molecule has 4 rings (SSSR count). The van der Waals surface area contributed by atoms with E-state index in [9.17, 15) is 24.5 Å². The van der Waals surface area contributed by atoms with E-state index in [-0.39, 0.29) is 12.3 Å². The van der Waals surface area contributed by atoms with Crippen molar-refractivity contribution in [1.82, 2.24) is 15.0 Å². The molecule has 4 atom stereocenters. The normalized spacial score (nSPS) is 25.1. The first-order valence-corrected chi connectivity index (χ1v) is 11.0. The Morgan fingerprint density at radius 2 is 2.09 bits per heavy atom. The largest absolute Gasteiger partial charge is 0.394 e. The summed E-state index contributed by atoms with van der Waals surface area (Å²) in [6.45, 7) is 0.916. The number of nitrogens with one attached hydrogen (secondary N) is 1. The summed E-state index contributed by atoms with van der Waals surface area (Å²) < 4.78 is 21.0. The Labute approximate surface area is 193 Å². The summed E-state index contributed by atoms with van der Waals surface area (Å²) in [6, 6.07) is 12.8. The number of aliphatic hydroxyl groups is 3. The quantitative estimate of drug-likeness (QED) is 0.427. The minimum atomic E-state index is -1.60. The van der Waals surface area contributed by atoms with Crippen LogP contribution in [0.5, 0.6) is 0 Å². The van der Waals surface area contributed by atoms with E-state index < -0.39 is 35.8 Å². The monoisotopic (exact) mass is 474 g/mol. The summed E-state index contributed by atoms with van der Waals surface area (Å²) in [7, 11) is 0. The molecule has 3 aromatic rings. The van der Waals surface area contributed by atoms with E-state index in [1.165, 1.54) is 29.9 Å². The number of rotatable bonds is 6. The second kappa shape index (κ2) is 9.57. The first kappa shape index (κ1) is 23.3. The SMILES string of the molecule is CC(=O)Nc1cccc(SC2(n3cc(-c4cccc(F)c4)nn3)O[C@H](CO)[C@H](O)C[C@H]2O)c1. The molecule has 1 saturated heterocycles. The Kier molecular flexibility index (Phi) is 6.77. The molecule has 1 amide bonds. The van der Waals surface area contributed by atoms with Crippen LogP contribution in [0, 0.1) is 5.82 Å². The highest BCUT2D eigenvalue weighted by molar-refractivity contribution is 8.00. The zero-order valence-corrected chi connectivity index (χ0v) is 18.4. The third-order valence-electron chi connectivity index (χ3n) is 5.17. The highest BCUT2D eigenvalue weighted by atomic mass is 32.2. The van der Waals surface area contributed by atoms with Crippen molar-refractivity contribution in [3.63, 3.8) is 0 Å². The third kappa shape index (κ3) is 4.92. The van der Waals surface area contributed by atoms with E-state index in [4.69, 9.17) is 4.74 Å². The van der Waals surface area contributed by atoms with Gasteiger partial charge in [0.25, 0.3) is 0 Å². The van der Waals surface area contributed by atoms with Crippen molar-refractivity contribution >= 4 is 23.4 Å². The number of amides is 1. The number of anilines is 1. The van der Waals surface area contributed by atoms with Crippen molar-refractivity contribution in [2.75, 3.05) is 11.9 Å². The average Bonchev–Trinajstić information content (AvgIpc) is 3.26. The van der Waals surface area contributed by atoms with Gasteiger partial charge in [-0.15, -0.1) is 5.10 Å². The summed E-state index contributed by atoms with van der Waals surface area (Å²) in [6.07, 6.45) is -1.89. The van der Waals surface area contributed by atoms with Gasteiger partial charge in [-0.1, -0.05) is 35.2 Å². The maximum atomic E-state index is 13.7. The highest BCUT2D eigenvalue weighted by Gasteiger charge is 2.51. The molecule has 0 aliphatic carbocycles. The summed E-state index contributed by atoms with van der Waals surface area (Å²) in [5.41, 5.74) is 1.38. The van der Waals surface area contributed by atoms with Gasteiger partial charge >= 0.3 is 0 Å². The lowest BCUT2D eigenvalue weighted by atomic mass is 10.0. The molecule has 1 unspecified atom stereocenters. The first-order chi connectivity index (χ1) is 15.8. The summed E-state index contributed by atoms with van der Waals surface area (Å²) in [5.74, 6) is -0.668. The minimum absolute atomic E-state index is 0.0846. The van der Waals surface area contributed by atoms with Gasteiger partial charge in [-0.3, -0.25) is 4.79 Å². The zero-order chi connectivity index (χ0) is 23.6. The van der Waals surface area contributed by atoms with Gasteiger partial charge in [0.15, 0.2) is 0 Å². The lowest BCUT2D eigenvalue weighted by Crippen LogP contribution is -2.56. The molecular weight excluding hydrogens is 451 g/mol. The Balaban J connectivity index is 1.75. The van der Waals surface area contributed by atoms with E-state index in [0.717, 1.165) is 11.8 Å². The number of benzene rings is 2. The number of ether oxygens (including phenoxy) is 1.